The van der Waals surface area contributed by atoms with Gasteiger partial charge in [0, 0.05) is 6.54 Å². The molecule has 0 aliphatic heterocycles. The maximum atomic E-state index is 13.4. The Morgan fingerprint density at radius 2 is 2.17 bits per heavy atom. The van der Waals surface area contributed by atoms with Gasteiger partial charge in [0.25, 0.3) is 5.91 Å². The quantitative estimate of drug-likeness (QED) is 0.874. The fourth-order valence-corrected chi connectivity index (χ4v) is 2.72. The van der Waals surface area contributed by atoms with Crippen molar-refractivity contribution in [3.8, 4) is 0 Å². The SMILES string of the molecule is CC1CCCC(CNC(=O)c2ccccc2F)C1. The summed E-state index contributed by atoms with van der Waals surface area (Å²) in [5, 5.41) is 2.85. The minimum atomic E-state index is -0.452. The van der Waals surface area contributed by atoms with Gasteiger partial charge in [0.05, 0.1) is 5.56 Å². The van der Waals surface area contributed by atoms with Gasteiger partial charge in [-0.15, -0.1) is 0 Å². The molecular formula is C15H20FNO. The van der Waals surface area contributed by atoms with Gasteiger partial charge in [-0.05, 0) is 36.8 Å². The van der Waals surface area contributed by atoms with Gasteiger partial charge in [-0.2, -0.15) is 0 Å². The standard InChI is InChI=1S/C15H20FNO/c1-11-5-4-6-12(9-11)10-17-15(18)13-7-2-3-8-14(13)16/h2-3,7-8,11-12H,4-6,9-10H2,1H3,(H,17,18). The average Bonchev–Trinajstić information content (AvgIpc) is 2.37. The van der Waals surface area contributed by atoms with Gasteiger partial charge in [0.15, 0.2) is 0 Å². The number of hydrogen-bond acceptors (Lipinski definition) is 1. The average molecular weight is 249 g/mol. The topological polar surface area (TPSA) is 29.1 Å². The molecule has 1 aromatic rings. The van der Waals surface area contributed by atoms with Crippen LogP contribution in [0, 0.1) is 17.7 Å². The number of carbonyl (C=O) groups is 1. The van der Waals surface area contributed by atoms with Crippen LogP contribution in [0.25, 0.3) is 0 Å². The lowest BCUT2D eigenvalue weighted by molar-refractivity contribution is 0.0936. The predicted molar refractivity (Wildman–Crippen MR) is 69.9 cm³/mol. The van der Waals surface area contributed by atoms with Crippen LogP contribution in [-0.4, -0.2) is 12.5 Å². The third-order valence-electron chi connectivity index (χ3n) is 3.71. The molecule has 2 atom stereocenters. The zero-order valence-corrected chi connectivity index (χ0v) is 10.8. The zero-order chi connectivity index (χ0) is 13.0. The largest absolute Gasteiger partial charge is 0.352 e. The smallest absolute Gasteiger partial charge is 0.254 e. The molecule has 18 heavy (non-hydrogen) atoms. The third kappa shape index (κ3) is 3.31. The molecule has 98 valence electrons. The normalized spacial score (nSPS) is 23.7. The second kappa shape index (κ2) is 5.98. The summed E-state index contributed by atoms with van der Waals surface area (Å²) in [5.74, 6) is 0.539. The predicted octanol–water partition coefficient (Wildman–Crippen LogP) is 3.38. The molecule has 1 aromatic carbocycles. The molecule has 1 fully saturated rings. The molecule has 1 saturated carbocycles. The Bertz CT molecular complexity index is 419. The first-order valence-electron chi connectivity index (χ1n) is 6.69. The summed E-state index contributed by atoms with van der Waals surface area (Å²) < 4.78 is 13.4. The molecule has 1 N–H and O–H groups in total. The van der Waals surface area contributed by atoms with Crippen molar-refractivity contribution in [1.29, 1.82) is 0 Å². The maximum absolute atomic E-state index is 13.4. The number of rotatable bonds is 3. The molecule has 0 aromatic heterocycles. The summed E-state index contributed by atoms with van der Waals surface area (Å²) in [4.78, 5) is 11.8. The second-order valence-corrected chi connectivity index (χ2v) is 5.33. The van der Waals surface area contributed by atoms with Crippen molar-refractivity contribution >= 4 is 5.91 Å². The molecule has 0 spiro atoms. The van der Waals surface area contributed by atoms with Gasteiger partial charge in [0.1, 0.15) is 5.82 Å². The van der Waals surface area contributed by atoms with Gasteiger partial charge in [-0.3, -0.25) is 4.79 Å². The second-order valence-electron chi connectivity index (χ2n) is 5.33. The van der Waals surface area contributed by atoms with Gasteiger partial charge in [-0.1, -0.05) is 31.9 Å². The third-order valence-corrected chi connectivity index (χ3v) is 3.71. The lowest BCUT2D eigenvalue weighted by Gasteiger charge is -2.26. The van der Waals surface area contributed by atoms with E-state index >= 15 is 0 Å². The van der Waals surface area contributed by atoms with Crippen molar-refractivity contribution < 1.29 is 9.18 Å². The van der Waals surface area contributed by atoms with E-state index in [1.807, 2.05) is 0 Å². The Morgan fingerprint density at radius 1 is 1.39 bits per heavy atom. The number of benzene rings is 1. The molecule has 0 saturated heterocycles. The summed E-state index contributed by atoms with van der Waals surface area (Å²) in [7, 11) is 0. The Morgan fingerprint density at radius 3 is 2.89 bits per heavy atom. The highest BCUT2D eigenvalue weighted by Gasteiger charge is 2.20. The molecular weight excluding hydrogens is 229 g/mol. The van der Waals surface area contributed by atoms with Gasteiger partial charge in [-0.25, -0.2) is 4.39 Å². The van der Waals surface area contributed by atoms with Crippen molar-refractivity contribution in [3.63, 3.8) is 0 Å². The van der Waals surface area contributed by atoms with Crippen LogP contribution in [0.2, 0.25) is 0 Å². The van der Waals surface area contributed by atoms with Crippen LogP contribution < -0.4 is 5.32 Å². The highest BCUT2D eigenvalue weighted by molar-refractivity contribution is 5.94. The number of carbonyl (C=O) groups excluding carboxylic acids is 1. The molecule has 2 nitrogen and oxygen atoms in total. The molecule has 0 radical (unpaired) electrons. The van der Waals surface area contributed by atoms with E-state index in [0.717, 1.165) is 12.3 Å². The van der Waals surface area contributed by atoms with E-state index in [4.69, 9.17) is 0 Å². The molecule has 0 heterocycles. The van der Waals surface area contributed by atoms with Crippen LogP contribution in [0.1, 0.15) is 43.0 Å². The summed E-state index contributed by atoms with van der Waals surface area (Å²) >= 11 is 0. The molecule has 2 unspecified atom stereocenters. The summed E-state index contributed by atoms with van der Waals surface area (Å²) in [6, 6.07) is 6.11. The first-order chi connectivity index (χ1) is 8.66. The lowest BCUT2D eigenvalue weighted by Crippen LogP contribution is -2.31. The fraction of sp³-hybridized carbons (Fsp3) is 0.533. The molecule has 1 amide bonds. The highest BCUT2D eigenvalue weighted by atomic mass is 19.1. The fourth-order valence-electron chi connectivity index (χ4n) is 2.72. The van der Waals surface area contributed by atoms with Crippen LogP contribution >= 0.6 is 0 Å². The van der Waals surface area contributed by atoms with Crippen molar-refractivity contribution in [1.82, 2.24) is 5.32 Å². The Hall–Kier alpha value is -1.38. The van der Waals surface area contributed by atoms with Crippen molar-refractivity contribution in [2.45, 2.75) is 32.6 Å². The van der Waals surface area contributed by atoms with E-state index in [0.29, 0.717) is 12.5 Å². The van der Waals surface area contributed by atoms with E-state index in [9.17, 15) is 9.18 Å². The Balaban J connectivity index is 1.87. The molecule has 3 heteroatoms. The minimum Gasteiger partial charge on any atom is -0.352 e. The molecule has 0 bridgehead atoms. The van der Waals surface area contributed by atoms with Crippen LogP contribution in [-0.2, 0) is 0 Å². The number of hydrogen-bond donors (Lipinski definition) is 1. The molecule has 2 rings (SSSR count). The Kier molecular flexibility index (Phi) is 4.34. The van der Waals surface area contributed by atoms with Crippen LogP contribution in [0.5, 0.6) is 0 Å². The maximum Gasteiger partial charge on any atom is 0.254 e. The van der Waals surface area contributed by atoms with E-state index in [-0.39, 0.29) is 11.5 Å². The van der Waals surface area contributed by atoms with Crippen LogP contribution in [0.4, 0.5) is 4.39 Å². The van der Waals surface area contributed by atoms with E-state index in [1.165, 1.54) is 31.4 Å². The lowest BCUT2D eigenvalue weighted by atomic mass is 9.82. The minimum absolute atomic E-state index is 0.140. The first kappa shape index (κ1) is 13.1. The molecule has 1 aliphatic carbocycles. The van der Waals surface area contributed by atoms with Crippen molar-refractivity contribution in [3.05, 3.63) is 35.6 Å². The van der Waals surface area contributed by atoms with Crippen LogP contribution in [0.3, 0.4) is 0 Å². The number of nitrogens with one attached hydrogen (secondary N) is 1. The monoisotopic (exact) mass is 249 g/mol. The van der Waals surface area contributed by atoms with Crippen molar-refractivity contribution in [2.24, 2.45) is 11.8 Å². The summed E-state index contributed by atoms with van der Waals surface area (Å²) in [5.41, 5.74) is 0.140. The number of amides is 1. The summed E-state index contributed by atoms with van der Waals surface area (Å²) in [6.45, 7) is 2.92. The molecule has 1 aliphatic rings. The van der Waals surface area contributed by atoms with Crippen LogP contribution in [0.15, 0.2) is 24.3 Å². The van der Waals surface area contributed by atoms with E-state index in [2.05, 4.69) is 12.2 Å². The van der Waals surface area contributed by atoms with E-state index < -0.39 is 5.82 Å². The van der Waals surface area contributed by atoms with Crippen molar-refractivity contribution in [2.75, 3.05) is 6.54 Å². The van der Waals surface area contributed by atoms with Gasteiger partial charge >= 0.3 is 0 Å². The summed E-state index contributed by atoms with van der Waals surface area (Å²) in [6.07, 6.45) is 4.86. The highest BCUT2D eigenvalue weighted by Crippen LogP contribution is 2.27. The number of halogens is 1. The van der Waals surface area contributed by atoms with Gasteiger partial charge < -0.3 is 5.32 Å². The Labute approximate surface area is 108 Å². The van der Waals surface area contributed by atoms with Gasteiger partial charge in [0.2, 0.25) is 0 Å². The zero-order valence-electron chi connectivity index (χ0n) is 10.8. The van der Waals surface area contributed by atoms with E-state index in [1.54, 1.807) is 12.1 Å². The first-order valence-corrected chi connectivity index (χ1v) is 6.69.